The van der Waals surface area contributed by atoms with Crippen LogP contribution in [0.4, 0.5) is 0 Å². The van der Waals surface area contributed by atoms with Crippen LogP contribution in [0.25, 0.3) is 0 Å². The Morgan fingerprint density at radius 1 is 1.42 bits per heavy atom. The lowest BCUT2D eigenvalue weighted by atomic mass is 9.97. The number of methoxy groups -OCH3 is 1. The highest BCUT2D eigenvalue weighted by Gasteiger charge is 2.26. The molecule has 3 rings (SSSR count). The smallest absolute Gasteiger partial charge is 0.223 e. The van der Waals surface area contributed by atoms with E-state index in [1.54, 1.807) is 11.8 Å². The summed E-state index contributed by atoms with van der Waals surface area (Å²) in [6.45, 7) is 1.75. The van der Waals surface area contributed by atoms with Crippen molar-refractivity contribution >= 4 is 5.91 Å². The van der Waals surface area contributed by atoms with Crippen molar-refractivity contribution in [2.45, 2.75) is 31.7 Å². The average molecular weight is 327 g/mol. The quantitative estimate of drug-likeness (QED) is 0.785. The van der Waals surface area contributed by atoms with Crippen molar-refractivity contribution in [3.63, 3.8) is 0 Å². The van der Waals surface area contributed by atoms with Gasteiger partial charge < -0.3 is 9.64 Å². The zero-order valence-corrected chi connectivity index (χ0v) is 14.4. The van der Waals surface area contributed by atoms with E-state index >= 15 is 0 Å². The van der Waals surface area contributed by atoms with Crippen LogP contribution in [-0.2, 0) is 29.5 Å². The van der Waals surface area contributed by atoms with E-state index in [4.69, 9.17) is 4.74 Å². The summed E-state index contributed by atoms with van der Waals surface area (Å²) in [5, 5.41) is 4.19. The first-order valence-electron chi connectivity index (χ1n) is 8.49. The maximum Gasteiger partial charge on any atom is 0.223 e. The zero-order valence-electron chi connectivity index (χ0n) is 14.4. The molecule has 1 aromatic carbocycles. The summed E-state index contributed by atoms with van der Waals surface area (Å²) in [6.07, 6.45) is 6.49. The molecule has 128 valence electrons. The van der Waals surface area contributed by atoms with Gasteiger partial charge in [0, 0.05) is 45.4 Å². The third-order valence-corrected chi connectivity index (χ3v) is 4.73. The summed E-state index contributed by atoms with van der Waals surface area (Å²) in [4.78, 5) is 14.8. The molecule has 0 bridgehead atoms. The third-order valence-electron chi connectivity index (χ3n) is 4.73. The predicted octanol–water partition coefficient (Wildman–Crippen LogP) is 2.52. The Bertz CT molecular complexity index is 695. The number of carbonyl (C=O) groups excluding carboxylic acids is 1. The van der Waals surface area contributed by atoms with Crippen LogP contribution < -0.4 is 0 Å². The number of amides is 1. The van der Waals surface area contributed by atoms with Crippen molar-refractivity contribution in [1.82, 2.24) is 14.7 Å². The number of hydrogen-bond donors (Lipinski definition) is 0. The van der Waals surface area contributed by atoms with Gasteiger partial charge in [0.15, 0.2) is 0 Å². The summed E-state index contributed by atoms with van der Waals surface area (Å²) >= 11 is 0. The number of fused-ring (bicyclic) bond motifs is 1. The van der Waals surface area contributed by atoms with Gasteiger partial charge in [0.2, 0.25) is 5.91 Å². The molecule has 0 saturated heterocycles. The molecule has 24 heavy (non-hydrogen) atoms. The minimum atomic E-state index is 0.192. The molecule has 1 amide bonds. The minimum Gasteiger partial charge on any atom is -0.383 e. The number of rotatable bonds is 7. The van der Waals surface area contributed by atoms with E-state index in [9.17, 15) is 4.79 Å². The molecule has 1 aliphatic rings. The fourth-order valence-corrected chi connectivity index (χ4v) is 3.46. The van der Waals surface area contributed by atoms with Gasteiger partial charge in [0.1, 0.15) is 0 Å². The van der Waals surface area contributed by atoms with E-state index in [2.05, 4.69) is 29.4 Å². The van der Waals surface area contributed by atoms with Crippen LogP contribution in [0.5, 0.6) is 0 Å². The molecular weight excluding hydrogens is 302 g/mol. The van der Waals surface area contributed by atoms with Crippen molar-refractivity contribution in [2.75, 3.05) is 20.3 Å². The Balaban J connectivity index is 1.67. The first-order valence-corrected chi connectivity index (χ1v) is 8.49. The van der Waals surface area contributed by atoms with Crippen LogP contribution in [0.15, 0.2) is 36.7 Å². The first kappa shape index (κ1) is 16.7. The summed E-state index contributed by atoms with van der Waals surface area (Å²) in [5.41, 5.74) is 3.79. The van der Waals surface area contributed by atoms with E-state index < -0.39 is 0 Å². The van der Waals surface area contributed by atoms with Crippen molar-refractivity contribution in [3.8, 4) is 0 Å². The Labute approximate surface area is 143 Å². The second-order valence-corrected chi connectivity index (χ2v) is 6.47. The van der Waals surface area contributed by atoms with E-state index in [0.717, 1.165) is 18.4 Å². The lowest BCUT2D eigenvalue weighted by Gasteiger charge is -2.23. The number of aromatic nitrogens is 2. The van der Waals surface area contributed by atoms with Gasteiger partial charge in [0.25, 0.3) is 0 Å². The van der Waals surface area contributed by atoms with Crippen molar-refractivity contribution in [2.24, 2.45) is 7.05 Å². The van der Waals surface area contributed by atoms with Gasteiger partial charge in [-0.25, -0.2) is 0 Å². The maximum atomic E-state index is 12.9. The van der Waals surface area contributed by atoms with Crippen LogP contribution in [0.1, 0.15) is 35.4 Å². The van der Waals surface area contributed by atoms with E-state index in [1.807, 2.05) is 24.3 Å². The van der Waals surface area contributed by atoms with E-state index in [-0.39, 0.29) is 5.91 Å². The molecule has 1 atom stereocenters. The number of ether oxygens (including phenoxy) is 1. The molecule has 0 spiro atoms. The fourth-order valence-electron chi connectivity index (χ4n) is 3.46. The number of hydrogen-bond acceptors (Lipinski definition) is 3. The van der Waals surface area contributed by atoms with Gasteiger partial charge in [-0.2, -0.15) is 5.10 Å². The lowest BCUT2D eigenvalue weighted by Crippen LogP contribution is -2.34. The Morgan fingerprint density at radius 2 is 2.25 bits per heavy atom. The molecule has 0 N–H and O–H groups in total. The van der Waals surface area contributed by atoms with Crippen molar-refractivity contribution in [1.29, 1.82) is 0 Å². The molecule has 5 nitrogen and oxygen atoms in total. The standard InChI is InChI=1S/C19H25N3O2/c1-21-13-15(12-20-21)14-22(9-10-24-2)19(23)11-17-8-7-16-5-3-4-6-18(16)17/h3-6,12-13,17H,7-11,14H2,1-2H3. The summed E-state index contributed by atoms with van der Waals surface area (Å²) in [7, 11) is 3.56. The predicted molar refractivity (Wildman–Crippen MR) is 92.6 cm³/mol. The molecule has 5 heteroatoms. The largest absolute Gasteiger partial charge is 0.383 e. The fraction of sp³-hybridized carbons (Fsp3) is 0.474. The second kappa shape index (κ2) is 7.62. The molecular formula is C19H25N3O2. The first-order chi connectivity index (χ1) is 11.7. The van der Waals surface area contributed by atoms with Gasteiger partial charge in [-0.3, -0.25) is 9.48 Å². The van der Waals surface area contributed by atoms with Gasteiger partial charge >= 0.3 is 0 Å². The molecule has 2 aromatic rings. The van der Waals surface area contributed by atoms with Crippen LogP contribution in [0.2, 0.25) is 0 Å². The highest BCUT2D eigenvalue weighted by Crippen LogP contribution is 2.35. The summed E-state index contributed by atoms with van der Waals surface area (Å²) in [5.74, 6) is 0.533. The molecule has 1 heterocycles. The highest BCUT2D eigenvalue weighted by atomic mass is 16.5. The van der Waals surface area contributed by atoms with Crippen LogP contribution >= 0.6 is 0 Å². The SMILES string of the molecule is COCCN(Cc1cnn(C)c1)C(=O)CC1CCc2ccccc21. The minimum absolute atomic E-state index is 0.192. The van der Waals surface area contributed by atoms with Gasteiger partial charge in [0.05, 0.1) is 12.8 Å². The van der Waals surface area contributed by atoms with Crippen LogP contribution in [0, 0.1) is 0 Å². The number of benzene rings is 1. The number of aryl methyl sites for hydroxylation is 2. The summed E-state index contributed by atoms with van der Waals surface area (Å²) in [6, 6.07) is 8.50. The van der Waals surface area contributed by atoms with E-state index in [0.29, 0.717) is 32.0 Å². The van der Waals surface area contributed by atoms with Crippen molar-refractivity contribution < 1.29 is 9.53 Å². The number of nitrogens with zero attached hydrogens (tertiary/aromatic N) is 3. The van der Waals surface area contributed by atoms with Gasteiger partial charge in [-0.1, -0.05) is 24.3 Å². The molecule has 0 radical (unpaired) electrons. The zero-order chi connectivity index (χ0) is 16.9. The van der Waals surface area contributed by atoms with Gasteiger partial charge in [-0.05, 0) is 29.9 Å². The lowest BCUT2D eigenvalue weighted by molar-refractivity contribution is -0.132. The monoisotopic (exact) mass is 327 g/mol. The van der Waals surface area contributed by atoms with Crippen LogP contribution in [-0.4, -0.2) is 40.8 Å². The Hall–Kier alpha value is -2.14. The van der Waals surface area contributed by atoms with Crippen LogP contribution in [0.3, 0.4) is 0 Å². The molecule has 1 unspecified atom stereocenters. The van der Waals surface area contributed by atoms with E-state index in [1.165, 1.54) is 11.1 Å². The number of carbonyl (C=O) groups is 1. The van der Waals surface area contributed by atoms with Crippen molar-refractivity contribution in [3.05, 3.63) is 53.3 Å². The molecule has 1 aromatic heterocycles. The average Bonchev–Trinajstić information content (AvgIpc) is 3.18. The normalized spacial score (nSPS) is 16.2. The Kier molecular flexibility index (Phi) is 5.30. The Morgan fingerprint density at radius 3 is 3.00 bits per heavy atom. The second-order valence-electron chi connectivity index (χ2n) is 6.47. The molecule has 0 saturated carbocycles. The molecule has 1 aliphatic carbocycles. The third kappa shape index (κ3) is 3.85. The van der Waals surface area contributed by atoms with Gasteiger partial charge in [-0.15, -0.1) is 0 Å². The molecule has 0 aliphatic heterocycles. The summed E-state index contributed by atoms with van der Waals surface area (Å²) < 4.78 is 6.94. The highest BCUT2D eigenvalue weighted by molar-refractivity contribution is 5.77. The maximum absolute atomic E-state index is 12.9. The topological polar surface area (TPSA) is 47.4 Å². The molecule has 0 fully saturated rings.